The molecular weight excluding hydrogens is 433 g/mol. The molecule has 1 aliphatic heterocycles. The van der Waals surface area contributed by atoms with E-state index < -0.39 is 23.9 Å². The van der Waals surface area contributed by atoms with Crippen molar-refractivity contribution in [3.63, 3.8) is 0 Å². The molecule has 1 unspecified atom stereocenters. The molecule has 4 rings (SSSR count). The van der Waals surface area contributed by atoms with Crippen LogP contribution in [0.15, 0.2) is 65.7 Å². The number of anilines is 1. The van der Waals surface area contributed by atoms with Gasteiger partial charge in [-0.25, -0.2) is 4.98 Å². The molecule has 1 aliphatic rings. The monoisotopic (exact) mass is 452 g/mol. The van der Waals surface area contributed by atoms with Gasteiger partial charge in [0.05, 0.1) is 18.3 Å². The summed E-state index contributed by atoms with van der Waals surface area (Å²) in [5.41, 5.74) is 0.883. The lowest BCUT2D eigenvalue weighted by atomic mass is 10.1. The molecule has 0 aliphatic carbocycles. The number of hydrogen-bond acceptors (Lipinski definition) is 5. The van der Waals surface area contributed by atoms with Gasteiger partial charge in [0.1, 0.15) is 6.04 Å². The highest BCUT2D eigenvalue weighted by molar-refractivity contribution is 5.85. The number of aliphatic hydroxyl groups excluding tert-OH is 1. The molecule has 0 radical (unpaired) electrons. The first-order valence-corrected chi connectivity index (χ1v) is 9.43. The van der Waals surface area contributed by atoms with Crippen LogP contribution in [0.2, 0.25) is 0 Å². The van der Waals surface area contributed by atoms with E-state index in [9.17, 15) is 23.1 Å². The van der Waals surface area contributed by atoms with Crippen LogP contribution in [0.3, 0.4) is 0 Å². The predicted octanol–water partition coefficient (Wildman–Crippen LogP) is 3.60. The van der Waals surface area contributed by atoms with Crippen molar-refractivity contribution in [2.45, 2.75) is 31.3 Å². The average molecular weight is 453 g/mol. The van der Waals surface area contributed by atoms with Crippen molar-refractivity contribution in [3.05, 3.63) is 76.8 Å². The van der Waals surface area contributed by atoms with Crippen LogP contribution in [0.25, 0.3) is 11.3 Å². The third-order valence-electron chi connectivity index (χ3n) is 5.16. The van der Waals surface area contributed by atoms with Gasteiger partial charge in [0.2, 0.25) is 5.95 Å². The van der Waals surface area contributed by atoms with Crippen LogP contribution in [-0.4, -0.2) is 38.4 Å². The molecule has 164 valence electrons. The van der Waals surface area contributed by atoms with Crippen molar-refractivity contribution >= 4 is 18.4 Å². The number of β-amino-alcohol motifs (C(OH)–C–C–N with tert-alkyl or cyclic N) is 1. The number of rotatable bonds is 4. The van der Waals surface area contributed by atoms with Crippen molar-refractivity contribution in [2.24, 2.45) is 0 Å². The second-order valence-corrected chi connectivity index (χ2v) is 7.09. The Kier molecular flexibility index (Phi) is 6.66. The second kappa shape index (κ2) is 9.07. The van der Waals surface area contributed by atoms with E-state index in [0.717, 1.165) is 4.90 Å². The van der Waals surface area contributed by atoms with E-state index >= 15 is 0 Å². The lowest BCUT2D eigenvalue weighted by Crippen LogP contribution is -2.53. The van der Waals surface area contributed by atoms with Gasteiger partial charge in [0.25, 0.3) is 5.56 Å². The zero-order valence-corrected chi connectivity index (χ0v) is 17.1. The standard InChI is InChI=1S/C21H19F3N4O2.ClH/c22-21(23,24)18-8-11-27-19(30)12-16(14-6-9-25-10-7-14)26-20(27)28(18)13-17(29)15-4-2-1-3-5-15;/h1-7,9-10,12,17-18,29H,8,11,13H2;1H/t17-,18?;/m1./s1. The van der Waals surface area contributed by atoms with E-state index in [2.05, 4.69) is 9.97 Å². The molecular formula is C21H20ClF3N4O2. The first-order chi connectivity index (χ1) is 14.3. The summed E-state index contributed by atoms with van der Waals surface area (Å²) in [7, 11) is 0. The molecule has 10 heteroatoms. The molecule has 1 aromatic carbocycles. The maximum atomic E-state index is 13.8. The highest BCUT2D eigenvalue weighted by atomic mass is 35.5. The van der Waals surface area contributed by atoms with Gasteiger partial charge in [-0.2, -0.15) is 13.2 Å². The summed E-state index contributed by atoms with van der Waals surface area (Å²) in [4.78, 5) is 21.9. The molecule has 0 saturated heterocycles. The number of aromatic nitrogens is 3. The number of hydrogen-bond donors (Lipinski definition) is 1. The van der Waals surface area contributed by atoms with Gasteiger partial charge in [-0.05, 0) is 24.1 Å². The first kappa shape index (κ1) is 22.8. The molecule has 0 bridgehead atoms. The molecule has 2 atom stereocenters. The topological polar surface area (TPSA) is 71.2 Å². The van der Waals surface area contributed by atoms with Crippen molar-refractivity contribution in [1.29, 1.82) is 0 Å². The Balaban J connectivity index is 0.00000272. The quantitative estimate of drug-likeness (QED) is 0.655. The SMILES string of the molecule is Cl.O=c1cc(-c2ccncc2)nc2n1CCC(C(F)(F)F)N2C[C@@H](O)c1ccccc1. The van der Waals surface area contributed by atoms with E-state index in [4.69, 9.17) is 0 Å². The van der Waals surface area contributed by atoms with Crippen LogP contribution in [0.4, 0.5) is 19.1 Å². The zero-order chi connectivity index (χ0) is 21.3. The Hall–Kier alpha value is -2.91. The Bertz CT molecular complexity index is 1080. The van der Waals surface area contributed by atoms with Crippen LogP contribution in [-0.2, 0) is 6.54 Å². The summed E-state index contributed by atoms with van der Waals surface area (Å²) in [5.74, 6) is -0.0992. The van der Waals surface area contributed by atoms with Gasteiger partial charge in [0, 0.05) is 30.6 Å². The minimum Gasteiger partial charge on any atom is -0.387 e. The van der Waals surface area contributed by atoms with E-state index in [0.29, 0.717) is 11.1 Å². The smallest absolute Gasteiger partial charge is 0.387 e. The van der Waals surface area contributed by atoms with Gasteiger partial charge >= 0.3 is 6.18 Å². The Labute approximate surface area is 182 Å². The number of aliphatic hydroxyl groups is 1. The van der Waals surface area contributed by atoms with E-state index in [1.807, 2.05) is 0 Å². The van der Waals surface area contributed by atoms with Crippen LogP contribution >= 0.6 is 12.4 Å². The molecule has 1 N–H and O–H groups in total. The number of pyridine rings is 1. The fourth-order valence-electron chi connectivity index (χ4n) is 3.66. The molecule has 0 spiro atoms. The third kappa shape index (κ3) is 4.72. The van der Waals surface area contributed by atoms with E-state index in [1.165, 1.54) is 23.0 Å². The summed E-state index contributed by atoms with van der Waals surface area (Å²) in [6, 6.07) is 11.2. The third-order valence-corrected chi connectivity index (χ3v) is 5.16. The highest BCUT2D eigenvalue weighted by Crippen LogP contribution is 2.35. The zero-order valence-electron chi connectivity index (χ0n) is 16.2. The van der Waals surface area contributed by atoms with E-state index in [-0.39, 0.29) is 43.6 Å². The fourth-order valence-corrected chi connectivity index (χ4v) is 3.66. The molecule has 0 saturated carbocycles. The molecule has 2 aromatic heterocycles. The lowest BCUT2D eigenvalue weighted by molar-refractivity contribution is -0.153. The maximum Gasteiger partial charge on any atom is 0.408 e. The van der Waals surface area contributed by atoms with Crippen molar-refractivity contribution in [2.75, 3.05) is 11.4 Å². The van der Waals surface area contributed by atoms with Crippen LogP contribution in [0.5, 0.6) is 0 Å². The summed E-state index contributed by atoms with van der Waals surface area (Å²) in [6.45, 7) is -0.444. The summed E-state index contributed by atoms with van der Waals surface area (Å²) in [5, 5.41) is 10.6. The summed E-state index contributed by atoms with van der Waals surface area (Å²) in [6.07, 6.45) is -2.98. The van der Waals surface area contributed by atoms with Crippen molar-refractivity contribution in [1.82, 2.24) is 14.5 Å². The van der Waals surface area contributed by atoms with Gasteiger partial charge in [-0.1, -0.05) is 30.3 Å². The molecule has 3 aromatic rings. The number of halogens is 4. The normalized spacial score (nSPS) is 16.9. The van der Waals surface area contributed by atoms with Gasteiger partial charge < -0.3 is 10.0 Å². The second-order valence-electron chi connectivity index (χ2n) is 7.09. The number of alkyl halides is 3. The Morgan fingerprint density at radius 2 is 1.81 bits per heavy atom. The molecule has 3 heterocycles. The lowest BCUT2D eigenvalue weighted by Gasteiger charge is -2.40. The maximum absolute atomic E-state index is 13.8. The fraction of sp³-hybridized carbons (Fsp3) is 0.286. The predicted molar refractivity (Wildman–Crippen MR) is 112 cm³/mol. The van der Waals surface area contributed by atoms with Gasteiger partial charge in [-0.15, -0.1) is 12.4 Å². The van der Waals surface area contributed by atoms with Crippen LogP contribution in [0.1, 0.15) is 18.1 Å². The summed E-state index contributed by atoms with van der Waals surface area (Å²) >= 11 is 0. The minimum absolute atomic E-state index is 0. The largest absolute Gasteiger partial charge is 0.408 e. The highest BCUT2D eigenvalue weighted by Gasteiger charge is 2.47. The van der Waals surface area contributed by atoms with Crippen molar-refractivity contribution in [3.8, 4) is 11.3 Å². The average Bonchev–Trinajstić information content (AvgIpc) is 2.74. The van der Waals surface area contributed by atoms with Gasteiger partial charge in [0.15, 0.2) is 0 Å². The summed E-state index contributed by atoms with van der Waals surface area (Å²) < 4.78 is 42.7. The molecule has 0 amide bonds. The number of benzene rings is 1. The molecule has 31 heavy (non-hydrogen) atoms. The molecule has 0 fully saturated rings. The van der Waals surface area contributed by atoms with E-state index in [1.54, 1.807) is 42.5 Å². The number of fused-ring (bicyclic) bond motifs is 1. The molecule has 6 nitrogen and oxygen atoms in total. The minimum atomic E-state index is -4.54. The van der Waals surface area contributed by atoms with Crippen LogP contribution < -0.4 is 10.5 Å². The Morgan fingerprint density at radius 1 is 1.13 bits per heavy atom. The number of nitrogens with zero attached hydrogens (tertiary/aromatic N) is 4. The first-order valence-electron chi connectivity index (χ1n) is 9.43. The van der Waals surface area contributed by atoms with Crippen molar-refractivity contribution < 1.29 is 18.3 Å². The van der Waals surface area contributed by atoms with Crippen LogP contribution in [0, 0.1) is 0 Å². The van der Waals surface area contributed by atoms with Gasteiger partial charge in [-0.3, -0.25) is 14.3 Å². The Morgan fingerprint density at radius 3 is 2.45 bits per heavy atom.